The lowest BCUT2D eigenvalue weighted by atomic mass is 9.94. The summed E-state index contributed by atoms with van der Waals surface area (Å²) in [7, 11) is 0. The van der Waals surface area contributed by atoms with E-state index in [1.165, 1.54) is 18.3 Å². The number of rotatable bonds is 10. The highest BCUT2D eigenvalue weighted by atomic mass is 19.1. The van der Waals surface area contributed by atoms with E-state index in [9.17, 15) is 14.0 Å². The second kappa shape index (κ2) is 11.0. The van der Waals surface area contributed by atoms with E-state index < -0.39 is 11.9 Å². The van der Waals surface area contributed by atoms with Crippen molar-refractivity contribution < 1.29 is 23.6 Å². The molecule has 0 aliphatic rings. The molecule has 0 fully saturated rings. The molecule has 1 unspecified atom stereocenters. The van der Waals surface area contributed by atoms with Gasteiger partial charge in [0.2, 0.25) is 0 Å². The van der Waals surface area contributed by atoms with Crippen LogP contribution in [-0.2, 0) is 32.2 Å². The van der Waals surface area contributed by atoms with Gasteiger partial charge in [0.15, 0.2) is 5.78 Å². The van der Waals surface area contributed by atoms with Crippen LogP contribution in [0.15, 0.2) is 53.7 Å². The Bertz CT molecular complexity index is 800. The van der Waals surface area contributed by atoms with Gasteiger partial charge in [0.1, 0.15) is 18.3 Å². The SMILES string of the molecule is CCOC(=O)C(Cc1ccc(F)cc1)C(=O)C/C=N/OCc1ccc(C)cc1. The Morgan fingerprint density at radius 2 is 1.71 bits per heavy atom. The van der Waals surface area contributed by atoms with Gasteiger partial charge >= 0.3 is 5.97 Å². The number of halogens is 1. The molecule has 0 amide bonds. The summed E-state index contributed by atoms with van der Waals surface area (Å²) in [5.41, 5.74) is 2.80. The van der Waals surface area contributed by atoms with Gasteiger partial charge in [0, 0.05) is 6.42 Å². The topological polar surface area (TPSA) is 65.0 Å². The average molecular weight is 385 g/mol. The molecule has 0 aromatic heterocycles. The first-order chi connectivity index (χ1) is 13.5. The normalized spacial score (nSPS) is 12.0. The van der Waals surface area contributed by atoms with Crippen molar-refractivity contribution in [2.75, 3.05) is 6.61 Å². The van der Waals surface area contributed by atoms with Crippen LogP contribution in [0.5, 0.6) is 0 Å². The van der Waals surface area contributed by atoms with Crippen molar-refractivity contribution in [1.82, 2.24) is 0 Å². The predicted molar refractivity (Wildman–Crippen MR) is 104 cm³/mol. The molecular weight excluding hydrogens is 361 g/mol. The lowest BCUT2D eigenvalue weighted by molar-refractivity contribution is -0.151. The van der Waals surface area contributed by atoms with Crippen molar-refractivity contribution in [2.24, 2.45) is 11.1 Å². The van der Waals surface area contributed by atoms with Gasteiger partial charge in [-0.15, -0.1) is 0 Å². The Labute approximate surface area is 164 Å². The van der Waals surface area contributed by atoms with E-state index in [1.54, 1.807) is 19.1 Å². The number of oxime groups is 1. The molecule has 2 aromatic carbocycles. The Morgan fingerprint density at radius 1 is 1.07 bits per heavy atom. The number of carbonyl (C=O) groups is 2. The van der Waals surface area contributed by atoms with Crippen LogP contribution in [0.4, 0.5) is 4.39 Å². The van der Waals surface area contributed by atoms with Gasteiger partial charge in [-0.3, -0.25) is 9.59 Å². The summed E-state index contributed by atoms with van der Waals surface area (Å²) in [6.07, 6.45) is 1.43. The zero-order valence-electron chi connectivity index (χ0n) is 16.1. The minimum absolute atomic E-state index is 0.0570. The highest BCUT2D eigenvalue weighted by Crippen LogP contribution is 2.14. The van der Waals surface area contributed by atoms with Crippen molar-refractivity contribution in [3.05, 3.63) is 71.0 Å². The fourth-order valence-electron chi connectivity index (χ4n) is 2.55. The second-order valence-corrected chi connectivity index (χ2v) is 6.35. The highest BCUT2D eigenvalue weighted by molar-refractivity contribution is 6.04. The molecule has 0 N–H and O–H groups in total. The average Bonchev–Trinajstić information content (AvgIpc) is 2.68. The van der Waals surface area contributed by atoms with Gasteiger partial charge in [-0.25, -0.2) is 4.39 Å². The second-order valence-electron chi connectivity index (χ2n) is 6.35. The smallest absolute Gasteiger partial charge is 0.316 e. The van der Waals surface area contributed by atoms with Crippen molar-refractivity contribution in [3.63, 3.8) is 0 Å². The molecule has 0 saturated carbocycles. The number of ether oxygens (including phenoxy) is 1. The van der Waals surface area contributed by atoms with Crippen LogP contribution in [-0.4, -0.2) is 24.6 Å². The number of hydrogen-bond donors (Lipinski definition) is 0. The van der Waals surface area contributed by atoms with Crippen molar-refractivity contribution in [1.29, 1.82) is 0 Å². The molecule has 2 rings (SSSR count). The molecule has 0 aliphatic carbocycles. The molecule has 0 spiro atoms. The van der Waals surface area contributed by atoms with Crippen LogP contribution in [0, 0.1) is 18.7 Å². The van der Waals surface area contributed by atoms with E-state index in [4.69, 9.17) is 9.57 Å². The number of nitrogens with zero attached hydrogens (tertiary/aromatic N) is 1. The molecule has 28 heavy (non-hydrogen) atoms. The molecule has 5 nitrogen and oxygen atoms in total. The zero-order chi connectivity index (χ0) is 20.4. The minimum Gasteiger partial charge on any atom is -0.465 e. The lowest BCUT2D eigenvalue weighted by Gasteiger charge is -2.13. The summed E-state index contributed by atoms with van der Waals surface area (Å²) in [5, 5.41) is 3.79. The fraction of sp³-hybridized carbons (Fsp3) is 0.318. The molecule has 2 aromatic rings. The highest BCUT2D eigenvalue weighted by Gasteiger charge is 2.27. The Balaban J connectivity index is 1.90. The number of aryl methyl sites for hydroxylation is 1. The van der Waals surface area contributed by atoms with E-state index in [0.717, 1.165) is 11.1 Å². The minimum atomic E-state index is -0.964. The van der Waals surface area contributed by atoms with Crippen molar-refractivity contribution >= 4 is 18.0 Å². The van der Waals surface area contributed by atoms with E-state index in [0.29, 0.717) is 12.2 Å². The first kappa shape index (κ1) is 21.3. The predicted octanol–water partition coefficient (Wildman–Crippen LogP) is 4.02. The largest absolute Gasteiger partial charge is 0.465 e. The summed E-state index contributed by atoms with van der Waals surface area (Å²) in [4.78, 5) is 29.8. The molecular formula is C22H24FNO4. The number of esters is 1. The number of Topliss-reactive ketones (excluding diaryl/α,β-unsaturated/α-hetero) is 1. The van der Waals surface area contributed by atoms with Crippen LogP contribution in [0.1, 0.15) is 30.0 Å². The van der Waals surface area contributed by atoms with Gasteiger partial charge in [0.05, 0.1) is 12.8 Å². The third-order valence-corrected chi connectivity index (χ3v) is 4.11. The number of benzene rings is 2. The third-order valence-electron chi connectivity index (χ3n) is 4.11. The first-order valence-electron chi connectivity index (χ1n) is 9.12. The summed E-state index contributed by atoms with van der Waals surface area (Å²) in [5.74, 6) is -2.26. The molecule has 1 atom stereocenters. The van der Waals surface area contributed by atoms with Crippen molar-refractivity contribution in [2.45, 2.75) is 33.3 Å². The number of ketones is 1. The maximum absolute atomic E-state index is 13.1. The molecule has 0 radical (unpaired) electrons. The Morgan fingerprint density at radius 3 is 2.36 bits per heavy atom. The summed E-state index contributed by atoms with van der Waals surface area (Å²) < 4.78 is 18.1. The zero-order valence-corrected chi connectivity index (χ0v) is 16.1. The first-order valence-corrected chi connectivity index (χ1v) is 9.12. The monoisotopic (exact) mass is 385 g/mol. The molecule has 6 heteroatoms. The molecule has 0 bridgehead atoms. The van der Waals surface area contributed by atoms with Gasteiger partial charge in [-0.2, -0.15) is 0 Å². The van der Waals surface area contributed by atoms with Gasteiger partial charge in [-0.1, -0.05) is 47.1 Å². The van der Waals surface area contributed by atoms with Gasteiger partial charge < -0.3 is 9.57 Å². The number of carbonyl (C=O) groups excluding carboxylic acids is 2. The van der Waals surface area contributed by atoms with Crippen molar-refractivity contribution in [3.8, 4) is 0 Å². The van der Waals surface area contributed by atoms with E-state index in [1.807, 2.05) is 31.2 Å². The molecule has 0 heterocycles. The third kappa shape index (κ3) is 6.95. The van der Waals surface area contributed by atoms with Gasteiger partial charge in [-0.05, 0) is 43.5 Å². The van der Waals surface area contributed by atoms with E-state index in [-0.39, 0.29) is 31.0 Å². The van der Waals surface area contributed by atoms with Crippen LogP contribution in [0.3, 0.4) is 0 Å². The maximum Gasteiger partial charge on any atom is 0.316 e. The lowest BCUT2D eigenvalue weighted by Crippen LogP contribution is -2.28. The Hall–Kier alpha value is -3.02. The standard InChI is InChI=1S/C22H24FNO4/c1-3-27-22(26)20(14-17-8-10-19(23)11-9-17)21(25)12-13-24-28-15-18-6-4-16(2)5-7-18/h4-11,13,20H,3,12,14-15H2,1-2H3/b24-13+. The van der Waals surface area contributed by atoms with Crippen LogP contribution >= 0.6 is 0 Å². The number of hydrogen-bond acceptors (Lipinski definition) is 5. The van der Waals surface area contributed by atoms with Crippen LogP contribution < -0.4 is 0 Å². The van der Waals surface area contributed by atoms with E-state index >= 15 is 0 Å². The van der Waals surface area contributed by atoms with E-state index in [2.05, 4.69) is 5.16 Å². The molecule has 148 valence electrons. The van der Waals surface area contributed by atoms with Crippen LogP contribution in [0.25, 0.3) is 0 Å². The quantitative estimate of drug-likeness (QED) is 0.268. The molecule has 0 aliphatic heterocycles. The fourth-order valence-corrected chi connectivity index (χ4v) is 2.55. The van der Waals surface area contributed by atoms with Gasteiger partial charge in [0.25, 0.3) is 0 Å². The molecule has 0 saturated heterocycles. The van der Waals surface area contributed by atoms with Crippen LogP contribution in [0.2, 0.25) is 0 Å². The Kier molecular flexibility index (Phi) is 8.34. The maximum atomic E-state index is 13.1. The summed E-state index contributed by atoms with van der Waals surface area (Å²) >= 11 is 0. The summed E-state index contributed by atoms with van der Waals surface area (Å²) in [6.45, 7) is 4.15. The summed E-state index contributed by atoms with van der Waals surface area (Å²) in [6, 6.07) is 13.5.